The molecule has 0 aromatic heterocycles. The Bertz CT molecular complexity index is 890. The summed E-state index contributed by atoms with van der Waals surface area (Å²) >= 11 is 0. The van der Waals surface area contributed by atoms with Crippen LogP contribution in [0.4, 0.5) is 11.4 Å². The first-order valence-corrected chi connectivity index (χ1v) is 10.2. The number of ether oxygens (including phenoxy) is 2. The van der Waals surface area contributed by atoms with Crippen LogP contribution in [0.15, 0.2) is 42.5 Å². The molecule has 1 saturated carbocycles. The van der Waals surface area contributed by atoms with Crippen molar-refractivity contribution in [1.82, 2.24) is 0 Å². The number of hydrogen-bond acceptors (Lipinski definition) is 4. The van der Waals surface area contributed by atoms with Crippen LogP contribution in [-0.2, 0) is 16.0 Å². The molecule has 0 bridgehead atoms. The van der Waals surface area contributed by atoms with Gasteiger partial charge in [-0.25, -0.2) is 0 Å². The standard InChI is InChI=1S/C23H26N2O4/c1-2-16-4-9-19(10-5-16)28-13-3-12-25-20-14-18(24-23(27)17-6-7-17)8-11-21(20)29-15-22(25)26/h4-5,8-11,14,17H,2-3,6-7,12-13,15H2,1H3,(H,24,27). The van der Waals surface area contributed by atoms with Gasteiger partial charge in [0.05, 0.1) is 12.3 Å². The van der Waals surface area contributed by atoms with Crippen molar-refractivity contribution in [3.8, 4) is 11.5 Å². The Morgan fingerprint density at radius 3 is 2.72 bits per heavy atom. The van der Waals surface area contributed by atoms with E-state index in [4.69, 9.17) is 9.47 Å². The van der Waals surface area contributed by atoms with E-state index >= 15 is 0 Å². The number of aryl methyl sites for hydroxylation is 1. The molecule has 1 fully saturated rings. The molecule has 0 atom stereocenters. The van der Waals surface area contributed by atoms with Crippen LogP contribution in [0, 0.1) is 5.92 Å². The van der Waals surface area contributed by atoms with Crippen molar-refractivity contribution in [2.75, 3.05) is 30.0 Å². The van der Waals surface area contributed by atoms with E-state index in [0.29, 0.717) is 36.7 Å². The highest BCUT2D eigenvalue weighted by Crippen LogP contribution is 2.36. The number of fused-ring (bicyclic) bond motifs is 1. The summed E-state index contributed by atoms with van der Waals surface area (Å²) in [7, 11) is 0. The van der Waals surface area contributed by atoms with Gasteiger partial charge in [0.25, 0.3) is 5.91 Å². The quantitative estimate of drug-likeness (QED) is 0.692. The molecule has 1 heterocycles. The van der Waals surface area contributed by atoms with Crippen molar-refractivity contribution in [2.24, 2.45) is 5.92 Å². The Labute approximate surface area is 170 Å². The molecule has 2 aliphatic rings. The molecule has 0 radical (unpaired) electrons. The van der Waals surface area contributed by atoms with E-state index in [1.165, 1.54) is 5.56 Å². The minimum atomic E-state index is -0.0875. The molecule has 2 aromatic carbocycles. The smallest absolute Gasteiger partial charge is 0.265 e. The normalized spacial score (nSPS) is 15.5. The third-order valence-electron chi connectivity index (χ3n) is 5.24. The molecule has 1 N–H and O–H groups in total. The van der Waals surface area contributed by atoms with Gasteiger partial charge in [-0.15, -0.1) is 0 Å². The second-order valence-corrected chi connectivity index (χ2v) is 7.48. The first kappa shape index (κ1) is 19.3. The number of carbonyl (C=O) groups is 2. The number of anilines is 2. The summed E-state index contributed by atoms with van der Waals surface area (Å²) in [5, 5.41) is 2.93. The third-order valence-corrected chi connectivity index (χ3v) is 5.24. The lowest BCUT2D eigenvalue weighted by molar-refractivity contribution is -0.121. The maximum absolute atomic E-state index is 12.4. The lowest BCUT2D eigenvalue weighted by Gasteiger charge is -2.30. The third kappa shape index (κ3) is 4.70. The van der Waals surface area contributed by atoms with Crippen LogP contribution in [0.25, 0.3) is 0 Å². The van der Waals surface area contributed by atoms with Gasteiger partial charge >= 0.3 is 0 Å². The molecule has 2 aromatic rings. The number of benzene rings is 2. The summed E-state index contributed by atoms with van der Waals surface area (Å²) in [6, 6.07) is 13.5. The Balaban J connectivity index is 1.36. The first-order chi connectivity index (χ1) is 14.1. The van der Waals surface area contributed by atoms with Gasteiger partial charge in [0.1, 0.15) is 11.5 Å². The van der Waals surface area contributed by atoms with Gasteiger partial charge in [-0.3, -0.25) is 9.59 Å². The SMILES string of the molecule is CCc1ccc(OCCCN2C(=O)COc3ccc(NC(=O)C4CC4)cc32)cc1. The van der Waals surface area contributed by atoms with E-state index in [1.807, 2.05) is 30.3 Å². The molecule has 29 heavy (non-hydrogen) atoms. The number of nitrogens with zero attached hydrogens (tertiary/aromatic N) is 1. The number of rotatable bonds is 8. The van der Waals surface area contributed by atoms with E-state index in [2.05, 4.69) is 24.4 Å². The minimum Gasteiger partial charge on any atom is -0.494 e. The van der Waals surface area contributed by atoms with Gasteiger partial charge in [-0.1, -0.05) is 19.1 Å². The maximum atomic E-state index is 12.4. The largest absolute Gasteiger partial charge is 0.494 e. The van der Waals surface area contributed by atoms with Crippen LogP contribution < -0.4 is 19.7 Å². The molecular formula is C23H26N2O4. The second kappa shape index (κ2) is 8.55. The van der Waals surface area contributed by atoms with Crippen LogP contribution in [0.2, 0.25) is 0 Å². The van der Waals surface area contributed by atoms with Crippen LogP contribution in [0.1, 0.15) is 31.7 Å². The van der Waals surface area contributed by atoms with Gasteiger partial charge in [-0.2, -0.15) is 0 Å². The number of nitrogens with one attached hydrogen (secondary N) is 1. The van der Waals surface area contributed by atoms with E-state index in [1.54, 1.807) is 4.90 Å². The summed E-state index contributed by atoms with van der Waals surface area (Å²) in [6.45, 7) is 3.20. The fourth-order valence-corrected chi connectivity index (χ4v) is 3.35. The Hall–Kier alpha value is -3.02. The number of hydrogen-bond donors (Lipinski definition) is 1. The minimum absolute atomic E-state index is 0.0279. The zero-order valence-corrected chi connectivity index (χ0v) is 16.6. The van der Waals surface area contributed by atoms with Crippen LogP contribution in [0.5, 0.6) is 11.5 Å². The molecule has 152 valence electrons. The lowest BCUT2D eigenvalue weighted by atomic mass is 10.2. The average molecular weight is 394 g/mol. The molecule has 0 saturated heterocycles. The monoisotopic (exact) mass is 394 g/mol. The zero-order chi connectivity index (χ0) is 20.2. The molecule has 6 heteroatoms. The van der Waals surface area contributed by atoms with Crippen LogP contribution >= 0.6 is 0 Å². The van der Waals surface area contributed by atoms with Crippen molar-refractivity contribution in [2.45, 2.75) is 32.6 Å². The molecule has 0 unspecified atom stereocenters. The highest BCUT2D eigenvalue weighted by atomic mass is 16.5. The molecule has 6 nitrogen and oxygen atoms in total. The topological polar surface area (TPSA) is 67.9 Å². The fourth-order valence-electron chi connectivity index (χ4n) is 3.35. The first-order valence-electron chi connectivity index (χ1n) is 10.2. The summed E-state index contributed by atoms with van der Waals surface area (Å²) in [5.41, 5.74) is 2.66. The predicted octanol–water partition coefficient (Wildman–Crippen LogP) is 3.79. The van der Waals surface area contributed by atoms with Crippen molar-refractivity contribution in [3.63, 3.8) is 0 Å². The molecule has 2 amide bonds. The zero-order valence-electron chi connectivity index (χ0n) is 16.6. The van der Waals surface area contributed by atoms with Crippen molar-refractivity contribution < 1.29 is 19.1 Å². The highest BCUT2D eigenvalue weighted by Gasteiger charge is 2.30. The van der Waals surface area contributed by atoms with Gasteiger partial charge in [0.15, 0.2) is 6.61 Å². The van der Waals surface area contributed by atoms with E-state index in [0.717, 1.165) is 25.0 Å². The Morgan fingerprint density at radius 1 is 1.21 bits per heavy atom. The van der Waals surface area contributed by atoms with E-state index < -0.39 is 0 Å². The number of amides is 2. The average Bonchev–Trinajstić information content (AvgIpc) is 3.58. The van der Waals surface area contributed by atoms with E-state index in [-0.39, 0.29) is 24.3 Å². The van der Waals surface area contributed by atoms with Crippen LogP contribution in [0.3, 0.4) is 0 Å². The summed E-state index contributed by atoms with van der Waals surface area (Å²) < 4.78 is 11.4. The summed E-state index contributed by atoms with van der Waals surface area (Å²) in [6.07, 6.45) is 3.60. The summed E-state index contributed by atoms with van der Waals surface area (Å²) in [5.74, 6) is 1.58. The van der Waals surface area contributed by atoms with Crippen molar-refractivity contribution in [1.29, 1.82) is 0 Å². The molecule has 4 rings (SSSR count). The van der Waals surface area contributed by atoms with Crippen molar-refractivity contribution >= 4 is 23.2 Å². The van der Waals surface area contributed by atoms with Gasteiger partial charge in [0.2, 0.25) is 5.91 Å². The van der Waals surface area contributed by atoms with Gasteiger partial charge in [-0.05, 0) is 61.6 Å². The Morgan fingerprint density at radius 2 is 2.00 bits per heavy atom. The molecule has 1 aliphatic carbocycles. The summed E-state index contributed by atoms with van der Waals surface area (Å²) in [4.78, 5) is 26.2. The fraction of sp³-hybridized carbons (Fsp3) is 0.391. The van der Waals surface area contributed by atoms with Gasteiger partial charge < -0.3 is 19.7 Å². The van der Waals surface area contributed by atoms with Crippen LogP contribution in [-0.4, -0.2) is 31.6 Å². The lowest BCUT2D eigenvalue weighted by Crippen LogP contribution is -2.39. The number of carbonyl (C=O) groups excluding carboxylic acids is 2. The Kier molecular flexibility index (Phi) is 5.69. The van der Waals surface area contributed by atoms with Crippen molar-refractivity contribution in [3.05, 3.63) is 48.0 Å². The van der Waals surface area contributed by atoms with E-state index in [9.17, 15) is 9.59 Å². The molecule has 1 aliphatic heterocycles. The maximum Gasteiger partial charge on any atom is 0.265 e. The predicted molar refractivity (Wildman–Crippen MR) is 112 cm³/mol. The molecular weight excluding hydrogens is 368 g/mol. The molecule has 0 spiro atoms. The second-order valence-electron chi connectivity index (χ2n) is 7.48. The highest BCUT2D eigenvalue weighted by molar-refractivity contribution is 6.00. The van der Waals surface area contributed by atoms with Gasteiger partial charge in [0, 0.05) is 18.2 Å².